The Kier molecular flexibility index (Phi) is 27.5. The van der Waals surface area contributed by atoms with Crippen LogP contribution >= 0.6 is 45.1 Å². The van der Waals surface area contributed by atoms with Gasteiger partial charge in [-0.2, -0.15) is 8.62 Å². The molecule has 1 aromatic heterocycles. The number of H-pyrrole nitrogens is 1. The molecule has 5 unspecified atom stereocenters. The molecule has 3 aromatic rings. The number of anilines is 1. The Labute approximate surface area is 515 Å². The number of hydrogen-bond donors (Lipinski definition) is 9. The number of hydrogen-bond acceptors (Lipinski definition) is 22. The van der Waals surface area contributed by atoms with E-state index in [1.54, 1.807) is 12.1 Å². The smallest absolute Gasteiger partial charge is 0.478 e. The van der Waals surface area contributed by atoms with Gasteiger partial charge in [-0.15, -0.1) is 0 Å². The molecule has 0 bridgehead atoms. The first-order chi connectivity index (χ1) is 41.6. The van der Waals surface area contributed by atoms with Gasteiger partial charge in [0.25, 0.3) is 5.56 Å². The van der Waals surface area contributed by atoms with Crippen LogP contribution in [-0.2, 0) is 71.3 Å². The van der Waals surface area contributed by atoms with Gasteiger partial charge in [0.1, 0.15) is 29.8 Å². The number of ether oxygens (including phenoxy) is 7. The molecule has 34 heteroatoms. The van der Waals surface area contributed by atoms with E-state index in [9.17, 15) is 52.6 Å². The van der Waals surface area contributed by atoms with Gasteiger partial charge in [-0.1, -0.05) is 39.8 Å². The van der Waals surface area contributed by atoms with Crippen molar-refractivity contribution in [1.29, 1.82) is 0 Å². The third-order valence-corrected chi connectivity index (χ3v) is 20.1. The molecule has 0 saturated carbocycles. The van der Waals surface area contributed by atoms with Crippen molar-refractivity contribution in [1.82, 2.24) is 20.2 Å². The second kappa shape index (κ2) is 33.5. The van der Waals surface area contributed by atoms with Gasteiger partial charge in [-0.25, -0.2) is 23.3 Å². The van der Waals surface area contributed by atoms with Crippen molar-refractivity contribution in [3.05, 3.63) is 114 Å². The normalized spacial score (nSPS) is 20.2. The Morgan fingerprint density at radius 2 is 1.53 bits per heavy atom. The number of aromatic amines is 1. The van der Waals surface area contributed by atoms with Crippen molar-refractivity contribution in [3.8, 4) is 5.75 Å². The van der Waals surface area contributed by atoms with Gasteiger partial charge in [0.2, 0.25) is 11.8 Å². The topological polar surface area (TPSA) is 399 Å². The van der Waals surface area contributed by atoms with Crippen molar-refractivity contribution < 1.29 is 99.1 Å². The molecule has 3 aliphatic rings. The van der Waals surface area contributed by atoms with Crippen LogP contribution in [0.15, 0.2) is 74.6 Å². The summed E-state index contributed by atoms with van der Waals surface area (Å²) in [5.41, 5.74) is 4.62. The molecule has 0 spiro atoms. The minimum atomic E-state index is -5.80. The number of aliphatic imine (C=N–C) groups is 1. The highest BCUT2D eigenvalue weighted by molar-refractivity contribution is 8.77. The number of benzene rings is 2. The minimum absolute atomic E-state index is 0.0171. The summed E-state index contributed by atoms with van der Waals surface area (Å²) in [5, 5.41) is 19.6. The number of amides is 2. The number of fused-ring (bicyclic) bond motifs is 2. The molecular weight excluding hydrogens is 1260 g/mol. The van der Waals surface area contributed by atoms with Crippen LogP contribution in [0.2, 0.25) is 0 Å². The molecule has 9 N–H and O–H groups in total. The molecule has 1 fully saturated rings. The lowest BCUT2D eigenvalue weighted by Crippen LogP contribution is -2.36. The fourth-order valence-corrected chi connectivity index (χ4v) is 14.6. The van der Waals surface area contributed by atoms with Gasteiger partial charge in [0.15, 0.2) is 0 Å². The Morgan fingerprint density at radius 1 is 0.852 bits per heavy atom. The molecule has 1 saturated heterocycles. The van der Waals surface area contributed by atoms with Crippen LogP contribution in [0.1, 0.15) is 97.8 Å². The fraction of sp³-hybridized carbons (Fsp3) is 0.556. The minimum Gasteiger partial charge on any atom is -0.478 e. The Bertz CT molecular complexity index is 3300. The van der Waals surface area contributed by atoms with Gasteiger partial charge in [-0.3, -0.25) is 33.5 Å². The first-order valence-corrected chi connectivity index (χ1v) is 34.8. The highest BCUT2D eigenvalue weighted by atomic mass is 33.1. The maximum Gasteiger partial charge on any atom is 0.490 e. The van der Waals surface area contributed by atoms with Crippen LogP contribution in [0.3, 0.4) is 0 Å². The zero-order chi connectivity index (χ0) is 64.4. The van der Waals surface area contributed by atoms with Crippen LogP contribution in [0, 0.1) is 19.8 Å². The van der Waals surface area contributed by atoms with E-state index in [0.29, 0.717) is 49.0 Å². The standard InChI is InChI=1S/C54H77N6O23P3S2/c1-8-55-41-26-43-39(22-33(41)3)50(40-23-34(4)42(56-9-2)27-44(40)80-43)37-11-10-36(24-38(37)52(64)65)25-48(62)57-13-15-75-17-19-77-21-20-76-18-16-74-14-12-47(61)58-31-54(6,7)88-87-32-78-45-28-49(60-29-35(5)51(63)59-53(60)66)81-46(45)30-79-85(70,71)83-86(72,73)82-84(67,68)69/h10-11,22-24,26-27,29,39,45-46,49-50,56H,8-9,12-21,25,28,30-32H2,1-7H3,(H,57,62)(H,58,61)(H,64,65)(H,70,71)(H,72,73)(H,59,63,66)(H2,67,68,69)/b55-41-/t39?,45?,46-,49-,50?/m1/s1. The van der Waals surface area contributed by atoms with Crippen molar-refractivity contribution in [2.24, 2.45) is 10.9 Å². The summed E-state index contributed by atoms with van der Waals surface area (Å²) in [5.74, 6) is -0.956. The Balaban J connectivity index is 0.812. The van der Waals surface area contributed by atoms with Gasteiger partial charge in [-0.05, 0) is 82.9 Å². The van der Waals surface area contributed by atoms with Gasteiger partial charge >= 0.3 is 35.1 Å². The van der Waals surface area contributed by atoms with E-state index in [1.807, 2.05) is 59.8 Å². The second-order valence-corrected chi connectivity index (χ2v) is 28.2. The Hall–Kier alpha value is -4.85. The van der Waals surface area contributed by atoms with Crippen molar-refractivity contribution in [3.63, 3.8) is 0 Å². The van der Waals surface area contributed by atoms with E-state index < -0.39 is 70.5 Å². The monoisotopic (exact) mass is 1330 g/mol. The van der Waals surface area contributed by atoms with Crippen LogP contribution in [0.4, 0.5) is 5.69 Å². The number of aromatic nitrogens is 2. The molecule has 2 amide bonds. The molecule has 29 nitrogen and oxygen atoms in total. The number of carboxylic acids is 1. The van der Waals surface area contributed by atoms with Crippen LogP contribution in [0.25, 0.3) is 0 Å². The summed E-state index contributed by atoms with van der Waals surface area (Å²) in [6.45, 7) is 16.3. The van der Waals surface area contributed by atoms with E-state index in [2.05, 4.69) is 46.7 Å². The number of carbonyl (C=O) groups is 3. The number of nitrogens with one attached hydrogen (secondary N) is 4. The maximum absolute atomic E-state index is 13.0. The van der Waals surface area contributed by atoms with Crippen LogP contribution in [-0.4, -0.2) is 166 Å². The number of nitrogens with zero attached hydrogens (tertiary/aromatic N) is 2. The average molecular weight is 1340 g/mol. The molecule has 3 heterocycles. The average Bonchev–Trinajstić information content (AvgIpc) is 0.876. The number of phosphoric acid groups is 3. The predicted octanol–water partition coefficient (Wildman–Crippen LogP) is 5.79. The van der Waals surface area contributed by atoms with E-state index in [0.717, 1.165) is 39.2 Å². The maximum atomic E-state index is 13.0. The molecule has 7 atom stereocenters. The zero-order valence-corrected chi connectivity index (χ0v) is 54.0. The quantitative estimate of drug-likeness (QED) is 0.0143. The van der Waals surface area contributed by atoms with E-state index in [-0.39, 0.29) is 106 Å². The molecule has 2 aliphatic heterocycles. The van der Waals surface area contributed by atoms with E-state index in [4.69, 9.17) is 47.5 Å². The molecular formula is C54H77N6O23P3S2. The van der Waals surface area contributed by atoms with Gasteiger partial charge in [0.05, 0.1) is 83.3 Å². The number of aromatic carboxylic acids is 1. The number of aryl methyl sites for hydroxylation is 2. The van der Waals surface area contributed by atoms with Gasteiger partial charge < -0.3 is 73.8 Å². The summed E-state index contributed by atoms with van der Waals surface area (Å²) >= 11 is 0. The first kappa shape index (κ1) is 72.2. The number of rotatable bonds is 37. The number of phosphoric ester groups is 1. The molecule has 2 aromatic carbocycles. The highest BCUT2D eigenvalue weighted by Crippen LogP contribution is 2.66. The lowest BCUT2D eigenvalue weighted by Gasteiger charge is -2.37. The zero-order valence-electron chi connectivity index (χ0n) is 49.7. The summed E-state index contributed by atoms with van der Waals surface area (Å²) < 4.78 is 88.7. The van der Waals surface area contributed by atoms with Crippen molar-refractivity contribution in [2.45, 2.75) is 96.8 Å². The summed E-state index contributed by atoms with van der Waals surface area (Å²) in [6.07, 6.45) is 2.06. The lowest BCUT2D eigenvalue weighted by atomic mass is 9.73. The second-order valence-electron chi connectivity index (χ2n) is 20.8. The molecule has 6 rings (SSSR count). The molecule has 488 valence electrons. The SMILES string of the molecule is CC/N=C1/C=C2Oc3cc(NCC)c(C)cc3C(c3ccc(CC(=O)NCCOCCOCCOCCOCCC(=O)NCC(C)(C)SSCOC4C[C@H](n5cc(C)c(=O)[nH]c5=O)O[C@@H]4COP(=O)(O)OP(=O)(O)OP(=O)(O)O)cc3C(=O)O)C2C=C1C. The Morgan fingerprint density at radius 3 is 2.19 bits per heavy atom. The van der Waals surface area contributed by atoms with Crippen molar-refractivity contribution >= 4 is 74.2 Å². The number of carboxylic acid groups (broad SMARTS) is 1. The summed E-state index contributed by atoms with van der Waals surface area (Å²) in [7, 11) is -14.3. The van der Waals surface area contributed by atoms with E-state index >= 15 is 0 Å². The third kappa shape index (κ3) is 22.5. The summed E-state index contributed by atoms with van der Waals surface area (Å²) in [6, 6.07) is 9.22. The molecule has 1 aliphatic carbocycles. The lowest BCUT2D eigenvalue weighted by molar-refractivity contribution is -0.122. The van der Waals surface area contributed by atoms with E-state index in [1.165, 1.54) is 34.7 Å². The molecule has 0 radical (unpaired) electrons. The largest absolute Gasteiger partial charge is 0.490 e. The van der Waals surface area contributed by atoms with Crippen LogP contribution in [0.5, 0.6) is 5.75 Å². The van der Waals surface area contributed by atoms with Gasteiger partial charge in [0, 0.05) is 90.8 Å². The molecule has 88 heavy (non-hydrogen) atoms. The fourth-order valence-electron chi connectivity index (χ4n) is 9.39. The number of allylic oxidation sites excluding steroid dienone is 3. The predicted molar refractivity (Wildman–Crippen MR) is 326 cm³/mol. The highest BCUT2D eigenvalue weighted by Gasteiger charge is 2.44. The third-order valence-electron chi connectivity index (χ3n) is 13.4. The summed E-state index contributed by atoms with van der Waals surface area (Å²) in [4.78, 5) is 107. The van der Waals surface area contributed by atoms with Crippen LogP contribution < -0.4 is 31.9 Å². The number of carbonyl (C=O) groups excluding carboxylic acids is 2. The van der Waals surface area contributed by atoms with Crippen molar-refractivity contribution in [2.75, 3.05) is 96.9 Å². The first-order valence-electron chi connectivity index (χ1n) is 28.0.